The van der Waals surface area contributed by atoms with Crippen LogP contribution in [0.15, 0.2) is 36.7 Å². The van der Waals surface area contributed by atoms with Crippen LogP contribution in [0.4, 0.5) is 10.6 Å². The first kappa shape index (κ1) is 20.6. The number of H-pyrrole nitrogens is 1. The van der Waals surface area contributed by atoms with Crippen molar-refractivity contribution in [2.75, 3.05) is 11.9 Å². The summed E-state index contributed by atoms with van der Waals surface area (Å²) in [6.45, 7) is 0. The molecule has 34 heavy (non-hydrogen) atoms. The van der Waals surface area contributed by atoms with Gasteiger partial charge in [0.2, 0.25) is 0 Å². The Kier molecular flexibility index (Phi) is 4.71. The van der Waals surface area contributed by atoms with Gasteiger partial charge < -0.3 is 14.9 Å². The van der Waals surface area contributed by atoms with Gasteiger partial charge >= 0.3 is 6.09 Å². The van der Waals surface area contributed by atoms with Crippen LogP contribution in [0.3, 0.4) is 0 Å². The number of fused-ring (bicyclic) bond motifs is 3. The highest BCUT2D eigenvalue weighted by Gasteiger charge is 2.44. The molecule has 1 amide bonds. The number of aromatic amines is 1. The number of nitrogens with zero attached hydrogens (tertiary/aromatic N) is 8. The van der Waals surface area contributed by atoms with E-state index in [1.54, 1.807) is 24.3 Å². The fourth-order valence-electron chi connectivity index (χ4n) is 5.56. The molecule has 0 radical (unpaired) electrons. The minimum atomic E-state index is -0.798. The zero-order chi connectivity index (χ0) is 23.4. The largest absolute Gasteiger partial charge is 0.465 e. The second-order valence-corrected chi connectivity index (χ2v) is 9.13. The van der Waals surface area contributed by atoms with Crippen molar-refractivity contribution < 1.29 is 9.90 Å². The normalized spacial score (nSPS) is 21.8. The molecule has 2 fully saturated rings. The zero-order valence-electron chi connectivity index (χ0n) is 19.0. The molecule has 5 heterocycles. The van der Waals surface area contributed by atoms with Crippen LogP contribution >= 0.6 is 0 Å². The molecule has 11 heteroatoms. The first-order valence-corrected chi connectivity index (χ1v) is 11.4. The van der Waals surface area contributed by atoms with Crippen LogP contribution in [0.2, 0.25) is 0 Å². The third kappa shape index (κ3) is 3.27. The molecule has 2 aliphatic rings. The van der Waals surface area contributed by atoms with Crippen molar-refractivity contribution in [1.29, 1.82) is 0 Å². The summed E-state index contributed by atoms with van der Waals surface area (Å²) < 4.78 is 0. The number of hydrogen-bond donors (Lipinski definition) is 2. The quantitative estimate of drug-likeness (QED) is 0.477. The fraction of sp³-hybridized carbons (Fsp3) is 0.391. The molecule has 6 rings (SSSR count). The molecule has 0 unspecified atom stereocenters. The van der Waals surface area contributed by atoms with Gasteiger partial charge in [0.25, 0.3) is 0 Å². The standard InChI is InChI=1S/C23H25N9O2/c1-30(15-9-13-3-4-14(10-15)32(13)23(33)34)21-8-7-19(26-27-21)17-6-5-16(18-11-24-28-22(17)18)20-12-25-31(2)29-20/h5-8,11-15H,3-4,9-10H2,1-2H3,(H,24,28)(H,33,34)/t13-,14+,15-. The number of aryl methyl sites for hydroxylation is 1. The Morgan fingerprint density at radius 1 is 1.06 bits per heavy atom. The number of amides is 1. The number of nitrogens with one attached hydrogen (secondary N) is 1. The number of hydrogen-bond acceptors (Lipinski definition) is 7. The highest BCUT2D eigenvalue weighted by atomic mass is 16.4. The summed E-state index contributed by atoms with van der Waals surface area (Å²) in [4.78, 5) is 16.9. The van der Waals surface area contributed by atoms with E-state index in [9.17, 15) is 9.90 Å². The number of benzene rings is 1. The van der Waals surface area contributed by atoms with Gasteiger partial charge in [-0.2, -0.15) is 20.1 Å². The smallest absolute Gasteiger partial charge is 0.407 e. The lowest BCUT2D eigenvalue weighted by atomic mass is 9.96. The predicted octanol–water partition coefficient (Wildman–Crippen LogP) is 2.93. The molecule has 3 atom stereocenters. The highest BCUT2D eigenvalue weighted by molar-refractivity contribution is 6.01. The molecular formula is C23H25N9O2. The average Bonchev–Trinajstić information content (AvgIpc) is 3.56. The van der Waals surface area contributed by atoms with Crippen LogP contribution in [-0.4, -0.2) is 76.7 Å². The van der Waals surface area contributed by atoms with Crippen LogP contribution in [0, 0.1) is 0 Å². The molecule has 4 aromatic rings. The lowest BCUT2D eigenvalue weighted by Gasteiger charge is -2.41. The van der Waals surface area contributed by atoms with Gasteiger partial charge in [0.05, 0.1) is 23.6 Å². The van der Waals surface area contributed by atoms with Crippen molar-refractivity contribution in [1.82, 2.24) is 40.3 Å². The Morgan fingerprint density at radius 3 is 2.47 bits per heavy atom. The Balaban J connectivity index is 1.25. The van der Waals surface area contributed by atoms with Crippen molar-refractivity contribution in [3.8, 4) is 22.5 Å². The van der Waals surface area contributed by atoms with Crippen LogP contribution < -0.4 is 4.90 Å². The molecule has 2 bridgehead atoms. The average molecular weight is 460 g/mol. The summed E-state index contributed by atoms with van der Waals surface area (Å²) in [6, 6.07) is 8.39. The van der Waals surface area contributed by atoms with E-state index in [1.807, 2.05) is 31.3 Å². The van der Waals surface area contributed by atoms with Gasteiger partial charge in [-0.25, -0.2) is 4.79 Å². The second-order valence-electron chi connectivity index (χ2n) is 9.13. The van der Waals surface area contributed by atoms with E-state index in [1.165, 1.54) is 4.80 Å². The van der Waals surface area contributed by atoms with E-state index in [2.05, 4.69) is 35.5 Å². The topological polar surface area (TPSA) is 129 Å². The molecule has 0 aliphatic carbocycles. The summed E-state index contributed by atoms with van der Waals surface area (Å²) in [7, 11) is 3.81. The Morgan fingerprint density at radius 2 is 1.82 bits per heavy atom. The lowest BCUT2D eigenvalue weighted by Crippen LogP contribution is -2.51. The number of rotatable bonds is 4. The Bertz CT molecular complexity index is 1350. The van der Waals surface area contributed by atoms with E-state index in [0.29, 0.717) is 0 Å². The predicted molar refractivity (Wildman–Crippen MR) is 125 cm³/mol. The molecule has 3 aromatic heterocycles. The summed E-state index contributed by atoms with van der Waals surface area (Å²) in [5.74, 6) is 0.786. The SMILES string of the molecule is CN(c1ccc(-c2ccc(-c3cnn(C)n3)c3cn[nH]c23)nn1)[C@@H]1C[C@H]2CC[C@@H](C1)N2C(=O)O. The maximum Gasteiger partial charge on any atom is 0.407 e. The number of anilines is 1. The summed E-state index contributed by atoms with van der Waals surface area (Å²) >= 11 is 0. The Labute approximate surface area is 195 Å². The molecule has 0 spiro atoms. The zero-order valence-corrected chi connectivity index (χ0v) is 19.0. The molecule has 0 saturated carbocycles. The maximum absolute atomic E-state index is 11.6. The monoisotopic (exact) mass is 459 g/mol. The molecule has 2 aliphatic heterocycles. The van der Waals surface area contributed by atoms with Gasteiger partial charge in [0.15, 0.2) is 5.82 Å². The van der Waals surface area contributed by atoms with Crippen molar-refractivity contribution in [2.45, 2.75) is 43.8 Å². The minimum Gasteiger partial charge on any atom is -0.465 e. The second kappa shape index (κ2) is 7.79. The van der Waals surface area contributed by atoms with E-state index >= 15 is 0 Å². The number of aromatic nitrogens is 7. The highest BCUT2D eigenvalue weighted by Crippen LogP contribution is 2.38. The van der Waals surface area contributed by atoms with Crippen LogP contribution in [0.5, 0.6) is 0 Å². The van der Waals surface area contributed by atoms with Crippen LogP contribution in [-0.2, 0) is 7.05 Å². The summed E-state index contributed by atoms with van der Waals surface area (Å²) in [6.07, 6.45) is 6.25. The van der Waals surface area contributed by atoms with Crippen molar-refractivity contribution in [3.63, 3.8) is 0 Å². The van der Waals surface area contributed by atoms with E-state index < -0.39 is 6.09 Å². The maximum atomic E-state index is 11.6. The van der Waals surface area contributed by atoms with Gasteiger partial charge in [-0.1, -0.05) is 6.07 Å². The molecule has 2 N–H and O–H groups in total. The van der Waals surface area contributed by atoms with Crippen LogP contribution in [0.1, 0.15) is 25.7 Å². The summed E-state index contributed by atoms with van der Waals surface area (Å²) in [5, 5.41) is 35.4. The molecule has 1 aromatic carbocycles. The lowest BCUT2D eigenvalue weighted by molar-refractivity contribution is 0.0965. The first-order chi connectivity index (χ1) is 16.5. The minimum absolute atomic E-state index is 0.0948. The Hall–Kier alpha value is -4.02. The van der Waals surface area contributed by atoms with Crippen LogP contribution in [0.25, 0.3) is 33.4 Å². The third-order valence-electron chi connectivity index (χ3n) is 7.26. The van der Waals surface area contributed by atoms with E-state index in [-0.39, 0.29) is 18.1 Å². The van der Waals surface area contributed by atoms with Gasteiger partial charge in [-0.15, -0.1) is 10.2 Å². The van der Waals surface area contributed by atoms with Gasteiger partial charge in [0.1, 0.15) is 5.69 Å². The number of piperidine rings is 1. The van der Waals surface area contributed by atoms with E-state index in [0.717, 1.165) is 64.9 Å². The van der Waals surface area contributed by atoms with Crippen molar-refractivity contribution in [3.05, 3.63) is 36.7 Å². The fourth-order valence-corrected chi connectivity index (χ4v) is 5.56. The van der Waals surface area contributed by atoms with E-state index in [4.69, 9.17) is 0 Å². The van der Waals surface area contributed by atoms with Crippen molar-refractivity contribution in [2.24, 2.45) is 7.05 Å². The number of carbonyl (C=O) groups is 1. The third-order valence-corrected chi connectivity index (χ3v) is 7.26. The first-order valence-electron chi connectivity index (χ1n) is 11.4. The molecular weight excluding hydrogens is 434 g/mol. The summed E-state index contributed by atoms with van der Waals surface area (Å²) in [5.41, 5.74) is 4.27. The van der Waals surface area contributed by atoms with Crippen molar-refractivity contribution >= 4 is 22.8 Å². The molecule has 174 valence electrons. The van der Waals surface area contributed by atoms with Gasteiger partial charge in [-0.05, 0) is 43.9 Å². The molecule has 11 nitrogen and oxygen atoms in total. The molecule has 2 saturated heterocycles. The number of carboxylic acid groups (broad SMARTS) is 1. The van der Waals surface area contributed by atoms with Gasteiger partial charge in [-0.3, -0.25) is 5.10 Å². The van der Waals surface area contributed by atoms with Gasteiger partial charge in [0, 0.05) is 48.7 Å².